The zero-order chi connectivity index (χ0) is 25.0. The molecule has 1 aromatic rings. The van der Waals surface area contributed by atoms with E-state index in [0.29, 0.717) is 18.1 Å². The van der Waals surface area contributed by atoms with Crippen molar-refractivity contribution in [3.63, 3.8) is 0 Å². The Bertz CT molecular complexity index is 878. The highest BCUT2D eigenvalue weighted by molar-refractivity contribution is 6.74. The average Bonchev–Trinajstić information content (AvgIpc) is 2.93. The Balaban J connectivity index is 1.89. The summed E-state index contributed by atoms with van der Waals surface area (Å²) in [6, 6.07) is 6.61. The molecule has 2 saturated carbocycles. The third-order valence-electron chi connectivity index (χ3n) is 8.77. The summed E-state index contributed by atoms with van der Waals surface area (Å²) in [6.07, 6.45) is 4.00. The molecule has 33 heavy (non-hydrogen) atoms. The van der Waals surface area contributed by atoms with Gasteiger partial charge in [0.05, 0.1) is 6.10 Å². The maximum Gasteiger partial charge on any atom is 0.229 e. The van der Waals surface area contributed by atoms with Crippen molar-refractivity contribution < 1.29 is 13.6 Å². The van der Waals surface area contributed by atoms with Crippen molar-refractivity contribution in [2.45, 2.75) is 123 Å². The number of ketones is 1. The van der Waals surface area contributed by atoms with Crippen LogP contribution in [-0.4, -0.2) is 29.2 Å². The summed E-state index contributed by atoms with van der Waals surface area (Å²) >= 11 is 0. The third-order valence-corrected chi connectivity index (χ3v) is 14.0. The van der Waals surface area contributed by atoms with E-state index in [9.17, 15) is 4.79 Å². The monoisotopic (exact) mass is 488 g/mol. The van der Waals surface area contributed by atoms with Gasteiger partial charge in [0.15, 0.2) is 8.32 Å². The maximum atomic E-state index is 13.7. The van der Waals surface area contributed by atoms with Crippen molar-refractivity contribution in [2.24, 2.45) is 11.3 Å². The normalized spacial score (nSPS) is 28.8. The maximum absolute atomic E-state index is 13.7. The number of carbonyl (C=O) groups excluding carboxylic acids is 1. The molecular weight excluding hydrogens is 440 g/mol. The molecule has 0 N–H and O–H groups in total. The highest BCUT2D eigenvalue weighted by atomic mass is 28.4. The molecule has 1 aromatic carbocycles. The summed E-state index contributed by atoms with van der Waals surface area (Å²) in [4.78, 5) is 13.7. The van der Waals surface area contributed by atoms with Gasteiger partial charge in [-0.3, -0.25) is 4.79 Å². The number of hydrogen-bond donors (Lipinski definition) is 0. The summed E-state index contributed by atoms with van der Waals surface area (Å²) in [7, 11) is -3.16. The van der Waals surface area contributed by atoms with Crippen LogP contribution in [0.4, 0.5) is 0 Å². The summed E-state index contributed by atoms with van der Waals surface area (Å²) in [5.74, 6) is 1.81. The molecule has 0 bridgehead atoms. The fraction of sp³-hybridized carbons (Fsp3) is 0.750. The van der Waals surface area contributed by atoms with Crippen molar-refractivity contribution in [2.75, 3.05) is 0 Å². The van der Waals surface area contributed by atoms with E-state index in [2.05, 4.69) is 92.9 Å². The first kappa shape index (κ1) is 26.7. The highest BCUT2D eigenvalue weighted by Gasteiger charge is 2.55. The van der Waals surface area contributed by atoms with Crippen LogP contribution in [-0.2, 0) is 14.6 Å². The van der Waals surface area contributed by atoms with Crippen LogP contribution in [0.3, 0.4) is 0 Å². The van der Waals surface area contributed by atoms with Crippen LogP contribution in [0.1, 0.15) is 91.2 Å². The average molecular weight is 489 g/mol. The van der Waals surface area contributed by atoms with Crippen molar-refractivity contribution in [1.82, 2.24) is 0 Å². The van der Waals surface area contributed by atoms with Crippen LogP contribution in [0.2, 0.25) is 31.2 Å². The van der Waals surface area contributed by atoms with E-state index in [0.717, 1.165) is 30.6 Å². The first-order valence-electron chi connectivity index (χ1n) is 13.0. The third kappa shape index (κ3) is 5.35. The van der Waals surface area contributed by atoms with Crippen LogP contribution >= 0.6 is 0 Å². The Kier molecular flexibility index (Phi) is 7.23. The van der Waals surface area contributed by atoms with Gasteiger partial charge in [0.1, 0.15) is 11.5 Å². The minimum Gasteiger partial charge on any atom is -0.547 e. The lowest BCUT2D eigenvalue weighted by molar-refractivity contribution is -0.129. The number of rotatable bonds is 5. The molecule has 5 heteroatoms. The van der Waals surface area contributed by atoms with Gasteiger partial charge in [0.25, 0.3) is 0 Å². The van der Waals surface area contributed by atoms with Crippen molar-refractivity contribution in [3.05, 3.63) is 29.3 Å². The minimum absolute atomic E-state index is 0.0394. The molecular formula is C28H48O3Si2. The molecule has 0 heterocycles. The number of Topliss-reactive ketones (excluding diaryl/α,β-unsaturated/α-hetero) is 1. The Morgan fingerprint density at radius 3 is 2.24 bits per heavy atom. The molecule has 0 aliphatic heterocycles. The molecule has 2 aliphatic carbocycles. The second-order valence-corrected chi connectivity index (χ2v) is 20.8. The zero-order valence-corrected chi connectivity index (χ0v) is 25.2. The molecule has 3 rings (SSSR count). The summed E-state index contributed by atoms with van der Waals surface area (Å²) < 4.78 is 13.3. The lowest BCUT2D eigenvalue weighted by atomic mass is 9.63. The molecule has 2 fully saturated rings. The molecule has 0 radical (unpaired) electrons. The molecule has 2 aliphatic rings. The van der Waals surface area contributed by atoms with Crippen LogP contribution in [0.25, 0.3) is 0 Å². The molecule has 3 nitrogen and oxygen atoms in total. The fourth-order valence-corrected chi connectivity index (χ4v) is 7.67. The fourth-order valence-electron chi connectivity index (χ4n) is 5.51. The van der Waals surface area contributed by atoms with Gasteiger partial charge in [0.2, 0.25) is 9.04 Å². The predicted octanol–water partition coefficient (Wildman–Crippen LogP) is 7.60. The van der Waals surface area contributed by atoms with Crippen LogP contribution in [0, 0.1) is 11.3 Å². The summed E-state index contributed by atoms with van der Waals surface area (Å²) in [5.41, 5.74) is 2.41. The first-order chi connectivity index (χ1) is 15.0. The van der Waals surface area contributed by atoms with Crippen molar-refractivity contribution >= 4 is 23.1 Å². The topological polar surface area (TPSA) is 35.5 Å². The Morgan fingerprint density at radius 2 is 1.70 bits per heavy atom. The number of carbonyl (C=O) groups is 1. The van der Waals surface area contributed by atoms with Crippen LogP contribution in [0.15, 0.2) is 18.2 Å². The van der Waals surface area contributed by atoms with Gasteiger partial charge in [-0.05, 0) is 73.5 Å². The van der Waals surface area contributed by atoms with Crippen molar-refractivity contribution in [1.29, 1.82) is 0 Å². The summed E-state index contributed by atoms with van der Waals surface area (Å²) in [6.45, 7) is 25.0. The molecule has 0 saturated heterocycles. The van der Waals surface area contributed by atoms with E-state index in [4.69, 9.17) is 8.85 Å². The smallest absolute Gasteiger partial charge is 0.229 e. The van der Waals surface area contributed by atoms with Crippen molar-refractivity contribution in [3.8, 4) is 5.75 Å². The lowest BCUT2D eigenvalue weighted by Crippen LogP contribution is -2.50. The quantitative estimate of drug-likeness (QED) is 0.400. The van der Waals surface area contributed by atoms with Crippen LogP contribution < -0.4 is 4.43 Å². The molecule has 4 atom stereocenters. The highest BCUT2D eigenvalue weighted by Crippen LogP contribution is 2.57. The Hall–Kier alpha value is -0.916. The van der Waals surface area contributed by atoms with E-state index in [1.54, 1.807) is 0 Å². The van der Waals surface area contributed by atoms with Gasteiger partial charge in [-0.15, -0.1) is 0 Å². The van der Waals surface area contributed by atoms with Gasteiger partial charge in [0, 0.05) is 23.3 Å². The standard InChI is InChI=1S/C28H48O3Si2/c1-26(2,3)19-12-14-21(24(17-19)30-32(8)9)22-16-20-13-15-25(28(20,7)18-23(22)29)31-33(10,11)27(4,5)6/h12,14,17,20,22,25,32H,13,15-16,18H2,1-11H3/t20-,22-,25-,28-/m0/s1. The van der Waals surface area contributed by atoms with E-state index in [1.807, 2.05) is 0 Å². The molecule has 186 valence electrons. The van der Waals surface area contributed by atoms with Gasteiger partial charge >= 0.3 is 0 Å². The Labute approximate surface area is 205 Å². The number of benzene rings is 1. The van der Waals surface area contributed by atoms with Gasteiger partial charge in [-0.1, -0.05) is 60.6 Å². The minimum atomic E-state index is -1.87. The largest absolute Gasteiger partial charge is 0.547 e. The zero-order valence-electron chi connectivity index (χ0n) is 23.1. The Morgan fingerprint density at radius 1 is 1.06 bits per heavy atom. The van der Waals surface area contributed by atoms with Gasteiger partial charge < -0.3 is 8.85 Å². The number of hydrogen-bond acceptors (Lipinski definition) is 3. The SMILES string of the molecule is C[SiH](C)Oc1cc(C(C)(C)C)ccc1[C@@H]1C[C@@H]2CC[C@H](O[Si](C)(C)C(C)(C)C)[C@@]2(C)CC1=O. The summed E-state index contributed by atoms with van der Waals surface area (Å²) in [5, 5.41) is 0.185. The van der Waals surface area contributed by atoms with E-state index < -0.39 is 17.4 Å². The predicted molar refractivity (Wildman–Crippen MR) is 145 cm³/mol. The van der Waals surface area contributed by atoms with E-state index in [-0.39, 0.29) is 27.9 Å². The molecule has 0 amide bonds. The molecule has 0 spiro atoms. The van der Waals surface area contributed by atoms with E-state index in [1.165, 1.54) is 5.56 Å². The van der Waals surface area contributed by atoms with Gasteiger partial charge in [-0.2, -0.15) is 0 Å². The van der Waals surface area contributed by atoms with Gasteiger partial charge in [-0.25, -0.2) is 0 Å². The first-order valence-corrected chi connectivity index (χ1v) is 18.7. The lowest BCUT2D eigenvalue weighted by Gasteiger charge is -2.47. The van der Waals surface area contributed by atoms with E-state index >= 15 is 0 Å². The molecule has 0 aromatic heterocycles. The van der Waals surface area contributed by atoms with Crippen LogP contribution in [0.5, 0.6) is 5.75 Å². The second-order valence-electron chi connectivity index (χ2n) is 13.7. The molecule has 0 unspecified atom stereocenters. The number of fused-ring (bicyclic) bond motifs is 1. The second kappa shape index (κ2) is 8.94.